The molecule has 0 aliphatic rings. The zero-order valence-electron chi connectivity index (χ0n) is 12.8. The number of carbonyl (C=O) groups is 2. The summed E-state index contributed by atoms with van der Waals surface area (Å²) in [7, 11) is 0. The molecule has 0 saturated heterocycles. The molecule has 0 unspecified atom stereocenters. The summed E-state index contributed by atoms with van der Waals surface area (Å²) in [5.74, 6) is 0.735. The Bertz CT molecular complexity index is 693. The molecule has 0 spiro atoms. The highest BCUT2D eigenvalue weighted by Gasteiger charge is 2.13. The molecule has 0 aliphatic heterocycles. The van der Waals surface area contributed by atoms with E-state index in [-0.39, 0.29) is 23.8 Å². The van der Waals surface area contributed by atoms with Crippen molar-refractivity contribution >= 4 is 52.3 Å². The van der Waals surface area contributed by atoms with Gasteiger partial charge in [-0.15, -0.1) is 11.3 Å². The molecule has 24 heavy (non-hydrogen) atoms. The maximum absolute atomic E-state index is 11.9. The number of hydrogen-bond donors (Lipinski definition) is 2. The maximum Gasteiger partial charge on any atom is 0.340 e. The highest BCUT2D eigenvalue weighted by Crippen LogP contribution is 2.19. The van der Waals surface area contributed by atoms with E-state index in [4.69, 9.17) is 22.1 Å². The molecule has 1 aromatic carbocycles. The Labute approximate surface area is 153 Å². The predicted octanol–water partition coefficient (Wildman–Crippen LogP) is 3.19. The first-order valence-electron chi connectivity index (χ1n) is 7.15. The lowest BCUT2D eigenvalue weighted by Gasteiger charge is -2.08. The molecule has 0 radical (unpaired) electrons. The summed E-state index contributed by atoms with van der Waals surface area (Å²) in [6.07, 6.45) is 0. The summed E-state index contributed by atoms with van der Waals surface area (Å²) >= 11 is 9.22. The van der Waals surface area contributed by atoms with E-state index in [1.165, 1.54) is 17.0 Å². The van der Waals surface area contributed by atoms with Crippen molar-refractivity contribution in [2.24, 2.45) is 0 Å². The first kappa shape index (κ1) is 18.6. The largest absolute Gasteiger partial charge is 0.452 e. The van der Waals surface area contributed by atoms with E-state index in [0.717, 1.165) is 11.5 Å². The normalized spacial score (nSPS) is 10.4. The lowest BCUT2D eigenvalue weighted by atomic mass is 10.2. The van der Waals surface area contributed by atoms with E-state index in [0.29, 0.717) is 11.6 Å². The minimum atomic E-state index is -0.647. The van der Waals surface area contributed by atoms with E-state index < -0.39 is 5.97 Å². The molecular formula is C16H17ClN2O3S2. The number of nitrogen functional groups attached to an aromatic ring is 1. The van der Waals surface area contributed by atoms with Crippen LogP contribution in [0, 0.1) is 0 Å². The number of nitrogens with one attached hydrogen (secondary N) is 1. The fourth-order valence-electron chi connectivity index (χ4n) is 1.81. The number of halogens is 1. The second-order valence-electron chi connectivity index (χ2n) is 4.79. The number of ether oxygens (including phenoxy) is 1. The number of anilines is 1. The van der Waals surface area contributed by atoms with Crippen molar-refractivity contribution in [3.05, 3.63) is 51.2 Å². The number of hydrogen-bond acceptors (Lipinski definition) is 6. The van der Waals surface area contributed by atoms with Gasteiger partial charge in [0.25, 0.3) is 5.91 Å². The van der Waals surface area contributed by atoms with Crippen molar-refractivity contribution in [1.82, 2.24) is 5.32 Å². The Hall–Kier alpha value is -1.70. The highest BCUT2D eigenvalue weighted by atomic mass is 35.5. The van der Waals surface area contributed by atoms with Crippen LogP contribution < -0.4 is 11.1 Å². The lowest BCUT2D eigenvalue weighted by Crippen LogP contribution is -2.30. The van der Waals surface area contributed by atoms with Gasteiger partial charge in [0.2, 0.25) is 0 Å². The van der Waals surface area contributed by atoms with Crippen LogP contribution in [0.2, 0.25) is 5.02 Å². The molecule has 1 heterocycles. The van der Waals surface area contributed by atoms with Crippen molar-refractivity contribution in [3.63, 3.8) is 0 Å². The van der Waals surface area contributed by atoms with Gasteiger partial charge in [-0.1, -0.05) is 17.7 Å². The summed E-state index contributed by atoms with van der Waals surface area (Å²) in [6.45, 7) is 0.187. The third-order valence-electron chi connectivity index (χ3n) is 2.96. The molecule has 0 fully saturated rings. The quantitative estimate of drug-likeness (QED) is 0.415. The smallest absolute Gasteiger partial charge is 0.340 e. The molecule has 0 saturated carbocycles. The number of carbonyl (C=O) groups excluding carboxylic acids is 2. The van der Waals surface area contributed by atoms with Gasteiger partial charge >= 0.3 is 5.97 Å². The average molecular weight is 385 g/mol. The fraction of sp³-hybridized carbons (Fsp3) is 0.250. The van der Waals surface area contributed by atoms with Crippen LogP contribution in [0.5, 0.6) is 0 Å². The maximum atomic E-state index is 11.9. The fourth-order valence-corrected chi connectivity index (χ4v) is 3.69. The third kappa shape index (κ3) is 6.07. The molecule has 2 aromatic rings. The third-order valence-corrected chi connectivity index (χ3v) is 5.26. The Kier molecular flexibility index (Phi) is 7.42. The zero-order valence-corrected chi connectivity index (χ0v) is 15.2. The Morgan fingerprint density at radius 2 is 2.17 bits per heavy atom. The van der Waals surface area contributed by atoms with Crippen molar-refractivity contribution in [2.45, 2.75) is 5.75 Å². The highest BCUT2D eigenvalue weighted by molar-refractivity contribution is 7.98. The van der Waals surface area contributed by atoms with Crippen molar-refractivity contribution < 1.29 is 14.3 Å². The molecule has 1 amide bonds. The Balaban J connectivity index is 1.62. The molecule has 8 heteroatoms. The molecule has 0 bridgehead atoms. The number of esters is 1. The van der Waals surface area contributed by atoms with E-state index in [9.17, 15) is 9.59 Å². The second kappa shape index (κ2) is 9.56. The minimum absolute atomic E-state index is 0.193. The minimum Gasteiger partial charge on any atom is -0.452 e. The van der Waals surface area contributed by atoms with E-state index >= 15 is 0 Å². The number of benzene rings is 1. The number of thioether (sulfide) groups is 1. The SMILES string of the molecule is Nc1cc(Cl)ccc1C(=O)OCC(=O)NCCSCc1cccs1. The first-order valence-corrected chi connectivity index (χ1v) is 9.56. The van der Waals surface area contributed by atoms with Crippen molar-refractivity contribution in [2.75, 3.05) is 24.6 Å². The van der Waals surface area contributed by atoms with Gasteiger partial charge in [-0.25, -0.2) is 4.79 Å². The molecule has 5 nitrogen and oxygen atoms in total. The van der Waals surface area contributed by atoms with Crippen LogP contribution in [0.4, 0.5) is 5.69 Å². The van der Waals surface area contributed by atoms with Gasteiger partial charge in [-0.05, 0) is 29.6 Å². The summed E-state index contributed by atoms with van der Waals surface area (Å²) in [5.41, 5.74) is 6.11. The number of thiophene rings is 1. The van der Waals surface area contributed by atoms with Gasteiger partial charge in [0.05, 0.1) is 5.56 Å². The van der Waals surface area contributed by atoms with E-state index in [1.807, 2.05) is 11.4 Å². The molecular weight excluding hydrogens is 368 g/mol. The molecule has 0 atom stereocenters. The lowest BCUT2D eigenvalue weighted by molar-refractivity contribution is -0.124. The average Bonchev–Trinajstić information content (AvgIpc) is 3.05. The summed E-state index contributed by atoms with van der Waals surface area (Å²) < 4.78 is 4.95. The van der Waals surface area contributed by atoms with Gasteiger partial charge in [-0.3, -0.25) is 4.79 Å². The monoisotopic (exact) mass is 384 g/mol. The van der Waals surface area contributed by atoms with Crippen molar-refractivity contribution in [3.8, 4) is 0 Å². The van der Waals surface area contributed by atoms with Gasteiger partial charge in [0, 0.05) is 33.6 Å². The second-order valence-corrected chi connectivity index (χ2v) is 7.36. The number of amides is 1. The van der Waals surface area contributed by atoms with Crippen LogP contribution in [0.3, 0.4) is 0 Å². The molecule has 1 aromatic heterocycles. The summed E-state index contributed by atoms with van der Waals surface area (Å²) in [6, 6.07) is 8.57. The van der Waals surface area contributed by atoms with Gasteiger partial charge in [0.1, 0.15) is 0 Å². The van der Waals surface area contributed by atoms with Crippen molar-refractivity contribution in [1.29, 1.82) is 0 Å². The van der Waals surface area contributed by atoms with E-state index in [2.05, 4.69) is 11.4 Å². The van der Waals surface area contributed by atoms with E-state index in [1.54, 1.807) is 29.2 Å². The van der Waals surface area contributed by atoms with Crippen LogP contribution in [-0.2, 0) is 15.3 Å². The van der Waals surface area contributed by atoms with Gasteiger partial charge in [0.15, 0.2) is 6.61 Å². The van der Waals surface area contributed by atoms with Gasteiger partial charge in [-0.2, -0.15) is 11.8 Å². The molecule has 0 aliphatic carbocycles. The summed E-state index contributed by atoms with van der Waals surface area (Å²) in [4.78, 5) is 24.8. The van der Waals surface area contributed by atoms with Crippen LogP contribution in [0.1, 0.15) is 15.2 Å². The van der Waals surface area contributed by atoms with Crippen LogP contribution in [0.25, 0.3) is 0 Å². The topological polar surface area (TPSA) is 81.4 Å². The summed E-state index contributed by atoms with van der Waals surface area (Å²) in [5, 5.41) is 5.18. The Morgan fingerprint density at radius 3 is 2.88 bits per heavy atom. The molecule has 128 valence electrons. The predicted molar refractivity (Wildman–Crippen MR) is 99.6 cm³/mol. The molecule has 2 rings (SSSR count). The van der Waals surface area contributed by atoms with Crippen LogP contribution in [0.15, 0.2) is 35.7 Å². The number of rotatable bonds is 8. The van der Waals surface area contributed by atoms with Crippen LogP contribution >= 0.6 is 34.7 Å². The number of nitrogens with two attached hydrogens (primary N) is 1. The van der Waals surface area contributed by atoms with Crippen LogP contribution in [-0.4, -0.2) is 30.8 Å². The Morgan fingerprint density at radius 1 is 1.33 bits per heavy atom. The first-order chi connectivity index (χ1) is 11.6. The standard InChI is InChI=1S/C16H17ClN2O3S2/c17-11-3-4-13(14(18)8-11)16(21)22-9-15(20)19-5-7-23-10-12-2-1-6-24-12/h1-4,6,8H,5,7,9-10,18H2,(H,19,20). The molecule has 3 N–H and O–H groups in total. The zero-order chi connectivity index (χ0) is 17.4. The van der Waals surface area contributed by atoms with Gasteiger partial charge < -0.3 is 15.8 Å².